The van der Waals surface area contributed by atoms with Gasteiger partial charge in [-0.3, -0.25) is 9.59 Å². The summed E-state index contributed by atoms with van der Waals surface area (Å²) in [6.45, 7) is 3.95. The van der Waals surface area contributed by atoms with E-state index in [-0.39, 0.29) is 16.9 Å². The normalized spacial score (nSPS) is 21.5. The van der Waals surface area contributed by atoms with Crippen LogP contribution in [0.25, 0.3) is 10.9 Å². The topological polar surface area (TPSA) is 79.2 Å². The Morgan fingerprint density at radius 3 is 2.95 bits per heavy atom. The van der Waals surface area contributed by atoms with E-state index in [4.69, 9.17) is 5.73 Å². The number of likely N-dealkylation sites (tertiary alicyclic amines) is 1. The van der Waals surface area contributed by atoms with E-state index in [1.165, 1.54) is 6.07 Å². The molecule has 5 nitrogen and oxygen atoms in total. The summed E-state index contributed by atoms with van der Waals surface area (Å²) in [5.41, 5.74) is 6.59. The van der Waals surface area contributed by atoms with Gasteiger partial charge in [-0.1, -0.05) is 19.1 Å². The second-order valence-corrected chi connectivity index (χ2v) is 7.06. The van der Waals surface area contributed by atoms with E-state index in [0.717, 1.165) is 16.3 Å². The van der Waals surface area contributed by atoms with E-state index in [1.54, 1.807) is 4.90 Å². The number of benzene rings is 1. The van der Waals surface area contributed by atoms with Crippen LogP contribution in [0.4, 0.5) is 0 Å². The first kappa shape index (κ1) is 15.2. The van der Waals surface area contributed by atoms with Gasteiger partial charge in [0.25, 0.3) is 5.91 Å². The smallest absolute Gasteiger partial charge is 0.254 e. The number of nitrogens with zero attached hydrogens (tertiary/aromatic N) is 1. The van der Waals surface area contributed by atoms with Crippen molar-refractivity contribution in [3.63, 3.8) is 0 Å². The number of nitrogens with one attached hydrogen (secondary N) is 1. The van der Waals surface area contributed by atoms with Crippen molar-refractivity contribution >= 4 is 32.7 Å². The summed E-state index contributed by atoms with van der Waals surface area (Å²) in [6, 6.07) is 6.93. The fourth-order valence-electron chi connectivity index (χ4n) is 2.95. The molecule has 1 fully saturated rings. The number of amides is 1. The molecular formula is C16H18BrN3O2. The summed E-state index contributed by atoms with van der Waals surface area (Å²) in [6.07, 6.45) is 0.889. The molecule has 1 aliphatic rings. The molecule has 1 aromatic heterocycles. The fourth-order valence-corrected chi connectivity index (χ4v) is 3.42. The number of halogens is 1. The van der Waals surface area contributed by atoms with Crippen LogP contribution in [-0.4, -0.2) is 35.4 Å². The molecular weight excluding hydrogens is 346 g/mol. The largest absolute Gasteiger partial charge is 0.338 e. The number of para-hydroxylation sites is 1. The Hall–Kier alpha value is -1.66. The summed E-state index contributed by atoms with van der Waals surface area (Å²) < 4.78 is 0.768. The molecule has 6 heteroatoms. The lowest BCUT2D eigenvalue weighted by Crippen LogP contribution is -2.35. The second kappa shape index (κ2) is 5.52. The summed E-state index contributed by atoms with van der Waals surface area (Å²) in [7, 11) is 0. The van der Waals surface area contributed by atoms with Crippen molar-refractivity contribution in [1.29, 1.82) is 0 Å². The van der Waals surface area contributed by atoms with Gasteiger partial charge < -0.3 is 15.6 Å². The lowest BCUT2D eigenvalue weighted by atomic mass is 9.90. The number of carbonyl (C=O) groups excluding carboxylic acids is 1. The number of H-pyrrole nitrogens is 1. The first-order chi connectivity index (χ1) is 10.4. The maximum atomic E-state index is 12.8. The van der Waals surface area contributed by atoms with Crippen LogP contribution >= 0.6 is 15.9 Å². The standard InChI is InChI=1S/C16H18BrN3O2/c1-16(8-18)5-6-20(9-16)15(22)11-7-13(21)19-14-10(11)3-2-4-12(14)17/h2-4,7H,5-6,8-9,18H2,1H3,(H,19,21). The van der Waals surface area contributed by atoms with Gasteiger partial charge in [-0.05, 0) is 40.4 Å². The fraction of sp³-hybridized carbons (Fsp3) is 0.375. The molecule has 1 amide bonds. The highest BCUT2D eigenvalue weighted by Gasteiger charge is 2.35. The number of nitrogens with two attached hydrogens (primary N) is 1. The molecule has 1 atom stereocenters. The Labute approximate surface area is 136 Å². The summed E-state index contributed by atoms with van der Waals surface area (Å²) in [4.78, 5) is 29.3. The molecule has 0 spiro atoms. The van der Waals surface area contributed by atoms with Crippen molar-refractivity contribution in [3.8, 4) is 0 Å². The van der Waals surface area contributed by atoms with Crippen molar-refractivity contribution in [2.45, 2.75) is 13.3 Å². The maximum Gasteiger partial charge on any atom is 0.254 e. The van der Waals surface area contributed by atoms with Crippen molar-refractivity contribution in [2.24, 2.45) is 11.1 Å². The minimum absolute atomic E-state index is 0.0345. The van der Waals surface area contributed by atoms with Crippen molar-refractivity contribution < 1.29 is 4.79 Å². The maximum absolute atomic E-state index is 12.8. The molecule has 0 aliphatic carbocycles. The first-order valence-corrected chi connectivity index (χ1v) is 8.04. The molecule has 1 saturated heterocycles. The first-order valence-electron chi connectivity index (χ1n) is 7.24. The Balaban J connectivity index is 2.05. The zero-order chi connectivity index (χ0) is 15.9. The van der Waals surface area contributed by atoms with Crippen LogP contribution in [0.5, 0.6) is 0 Å². The van der Waals surface area contributed by atoms with Crippen LogP contribution in [0.3, 0.4) is 0 Å². The molecule has 3 N–H and O–H groups in total. The number of aromatic nitrogens is 1. The zero-order valence-electron chi connectivity index (χ0n) is 12.4. The van der Waals surface area contributed by atoms with Gasteiger partial charge in [0, 0.05) is 29.0 Å². The van der Waals surface area contributed by atoms with Crippen LogP contribution in [-0.2, 0) is 0 Å². The van der Waals surface area contributed by atoms with Gasteiger partial charge in [-0.25, -0.2) is 0 Å². The van der Waals surface area contributed by atoms with E-state index in [9.17, 15) is 9.59 Å². The highest BCUT2D eigenvalue weighted by atomic mass is 79.9. The van der Waals surface area contributed by atoms with Crippen molar-refractivity contribution in [2.75, 3.05) is 19.6 Å². The lowest BCUT2D eigenvalue weighted by Gasteiger charge is -2.23. The molecule has 3 rings (SSSR count). The van der Waals surface area contributed by atoms with E-state index in [1.807, 2.05) is 18.2 Å². The molecule has 1 aliphatic heterocycles. The minimum Gasteiger partial charge on any atom is -0.338 e. The third kappa shape index (κ3) is 2.57. The number of carbonyl (C=O) groups is 1. The molecule has 1 aromatic carbocycles. The van der Waals surface area contributed by atoms with Gasteiger partial charge in [0.1, 0.15) is 0 Å². The SMILES string of the molecule is CC1(CN)CCN(C(=O)c2cc(=O)[nH]c3c(Br)cccc23)C1. The average molecular weight is 364 g/mol. The third-order valence-corrected chi connectivity index (χ3v) is 5.06. The van der Waals surface area contributed by atoms with Gasteiger partial charge in [-0.15, -0.1) is 0 Å². The van der Waals surface area contributed by atoms with E-state index in [2.05, 4.69) is 27.8 Å². The van der Waals surface area contributed by atoms with Gasteiger partial charge >= 0.3 is 0 Å². The molecule has 22 heavy (non-hydrogen) atoms. The summed E-state index contributed by atoms with van der Waals surface area (Å²) in [5.74, 6) is -0.105. The van der Waals surface area contributed by atoms with Crippen molar-refractivity contribution in [1.82, 2.24) is 9.88 Å². The highest BCUT2D eigenvalue weighted by Crippen LogP contribution is 2.31. The monoisotopic (exact) mass is 363 g/mol. The molecule has 0 bridgehead atoms. The van der Waals surface area contributed by atoms with Crippen LogP contribution < -0.4 is 11.3 Å². The summed E-state index contributed by atoms with van der Waals surface area (Å²) in [5, 5.41) is 0.750. The van der Waals surface area contributed by atoms with Gasteiger partial charge in [0.05, 0.1) is 11.1 Å². The lowest BCUT2D eigenvalue weighted by molar-refractivity contribution is 0.0778. The van der Waals surface area contributed by atoms with Crippen LogP contribution in [0.2, 0.25) is 0 Å². The van der Waals surface area contributed by atoms with Gasteiger partial charge in [0.2, 0.25) is 5.56 Å². The minimum atomic E-state index is -0.275. The van der Waals surface area contributed by atoms with Gasteiger partial charge in [-0.2, -0.15) is 0 Å². The van der Waals surface area contributed by atoms with E-state index < -0.39 is 0 Å². The molecule has 0 radical (unpaired) electrons. The Morgan fingerprint density at radius 2 is 2.27 bits per heavy atom. The van der Waals surface area contributed by atoms with Gasteiger partial charge in [0.15, 0.2) is 0 Å². The molecule has 2 aromatic rings. The predicted molar refractivity (Wildman–Crippen MR) is 90.0 cm³/mol. The Bertz CT molecular complexity index is 802. The van der Waals surface area contributed by atoms with E-state index >= 15 is 0 Å². The van der Waals surface area contributed by atoms with E-state index in [0.29, 0.717) is 30.7 Å². The molecule has 2 heterocycles. The van der Waals surface area contributed by atoms with Crippen LogP contribution in [0.1, 0.15) is 23.7 Å². The number of hydrogen-bond donors (Lipinski definition) is 2. The number of aromatic amines is 1. The predicted octanol–water partition coefficient (Wildman–Crippen LogP) is 2.10. The highest BCUT2D eigenvalue weighted by molar-refractivity contribution is 9.10. The zero-order valence-corrected chi connectivity index (χ0v) is 13.9. The number of pyridine rings is 1. The molecule has 1 unspecified atom stereocenters. The number of rotatable bonds is 2. The number of fused-ring (bicyclic) bond motifs is 1. The average Bonchev–Trinajstić information content (AvgIpc) is 2.90. The molecule has 116 valence electrons. The molecule has 0 saturated carbocycles. The third-order valence-electron chi connectivity index (χ3n) is 4.40. The Kier molecular flexibility index (Phi) is 3.82. The second-order valence-electron chi connectivity index (χ2n) is 6.20. The van der Waals surface area contributed by atoms with Crippen molar-refractivity contribution in [3.05, 3.63) is 44.7 Å². The quantitative estimate of drug-likeness (QED) is 0.857. The van der Waals surface area contributed by atoms with Crippen LogP contribution in [0.15, 0.2) is 33.5 Å². The summed E-state index contributed by atoms with van der Waals surface area (Å²) >= 11 is 3.42. The Morgan fingerprint density at radius 1 is 1.50 bits per heavy atom. The number of hydrogen-bond acceptors (Lipinski definition) is 3. The van der Waals surface area contributed by atoms with Crippen LogP contribution in [0, 0.1) is 5.41 Å².